The molecule has 0 aliphatic carbocycles. The Bertz CT molecular complexity index is 754. The third-order valence-corrected chi connectivity index (χ3v) is 4.77. The molecule has 2 aromatic rings. The zero-order chi connectivity index (χ0) is 15.4. The largest absolute Gasteiger partial charge is 0.457 e. The van der Waals surface area contributed by atoms with Crippen LogP contribution in [0.3, 0.4) is 0 Å². The number of hydrogen-bond donors (Lipinski definition) is 0. The maximum Gasteiger partial charge on any atom is 0.244 e. The van der Waals surface area contributed by atoms with E-state index in [0.29, 0.717) is 5.70 Å². The smallest absolute Gasteiger partial charge is 0.244 e. The number of aliphatic imine (C=N–C) groups is 1. The van der Waals surface area contributed by atoms with Crippen LogP contribution < -0.4 is 4.74 Å². The van der Waals surface area contributed by atoms with Crippen molar-refractivity contribution in [1.29, 1.82) is 0 Å². The minimum absolute atomic E-state index is 0.0151. The SMILES string of the molecule is CSC1=N/C(=C\c2cccc(Oc3ccccc3)c2)C(=O)S1. The molecular formula is C17H13NO2S2. The molecule has 1 aliphatic heterocycles. The van der Waals surface area contributed by atoms with E-state index in [2.05, 4.69) is 4.99 Å². The number of rotatable bonds is 3. The van der Waals surface area contributed by atoms with E-state index in [1.807, 2.05) is 60.9 Å². The van der Waals surface area contributed by atoms with Gasteiger partial charge in [0, 0.05) is 0 Å². The fourth-order valence-corrected chi connectivity index (χ4v) is 3.19. The monoisotopic (exact) mass is 327 g/mol. The van der Waals surface area contributed by atoms with E-state index in [1.54, 1.807) is 6.08 Å². The fraction of sp³-hybridized carbons (Fsp3) is 0.0588. The molecule has 0 atom stereocenters. The molecule has 1 aliphatic rings. The van der Waals surface area contributed by atoms with E-state index in [0.717, 1.165) is 21.4 Å². The van der Waals surface area contributed by atoms with E-state index in [1.165, 1.54) is 23.5 Å². The van der Waals surface area contributed by atoms with Gasteiger partial charge in [-0.2, -0.15) is 0 Å². The molecule has 22 heavy (non-hydrogen) atoms. The highest BCUT2D eigenvalue weighted by molar-refractivity contribution is 8.45. The lowest BCUT2D eigenvalue weighted by atomic mass is 10.2. The van der Waals surface area contributed by atoms with Gasteiger partial charge in [-0.25, -0.2) is 4.99 Å². The molecule has 0 N–H and O–H groups in total. The van der Waals surface area contributed by atoms with Crippen molar-refractivity contribution in [2.75, 3.05) is 6.26 Å². The van der Waals surface area contributed by atoms with Crippen molar-refractivity contribution in [3.63, 3.8) is 0 Å². The first-order valence-electron chi connectivity index (χ1n) is 6.64. The van der Waals surface area contributed by atoms with E-state index < -0.39 is 0 Å². The standard InChI is InChI=1S/C17H13NO2S2/c1-21-17-18-15(16(19)22-17)11-12-6-5-9-14(10-12)20-13-7-3-2-4-8-13/h2-11H,1H3/b15-11-. The van der Waals surface area contributed by atoms with Gasteiger partial charge in [-0.1, -0.05) is 30.3 Å². The first-order valence-corrected chi connectivity index (χ1v) is 8.68. The average Bonchev–Trinajstić information content (AvgIpc) is 2.89. The van der Waals surface area contributed by atoms with Crippen LogP contribution in [-0.4, -0.2) is 15.7 Å². The number of carbonyl (C=O) groups excluding carboxylic acids is 1. The van der Waals surface area contributed by atoms with Crippen LogP contribution in [0, 0.1) is 0 Å². The Labute approximate surface area is 137 Å². The van der Waals surface area contributed by atoms with Crippen LogP contribution in [0.2, 0.25) is 0 Å². The Balaban J connectivity index is 1.83. The summed E-state index contributed by atoms with van der Waals surface area (Å²) >= 11 is 2.66. The Hall–Kier alpha value is -1.98. The summed E-state index contributed by atoms with van der Waals surface area (Å²) < 4.78 is 6.58. The van der Waals surface area contributed by atoms with Gasteiger partial charge in [0.25, 0.3) is 0 Å². The van der Waals surface area contributed by atoms with Crippen LogP contribution >= 0.6 is 23.5 Å². The Morgan fingerprint density at radius 3 is 2.59 bits per heavy atom. The summed E-state index contributed by atoms with van der Waals surface area (Å²) in [6.45, 7) is 0. The van der Waals surface area contributed by atoms with E-state index >= 15 is 0 Å². The molecule has 0 spiro atoms. The van der Waals surface area contributed by atoms with Crippen molar-refractivity contribution in [2.45, 2.75) is 0 Å². The maximum atomic E-state index is 11.9. The van der Waals surface area contributed by atoms with Crippen molar-refractivity contribution in [3.8, 4) is 11.5 Å². The van der Waals surface area contributed by atoms with Crippen molar-refractivity contribution >= 4 is 39.1 Å². The van der Waals surface area contributed by atoms with Gasteiger partial charge in [-0.3, -0.25) is 4.79 Å². The maximum absolute atomic E-state index is 11.9. The van der Waals surface area contributed by atoms with Gasteiger partial charge in [0.05, 0.1) is 0 Å². The highest BCUT2D eigenvalue weighted by Crippen LogP contribution is 2.30. The molecule has 3 rings (SSSR count). The summed E-state index contributed by atoms with van der Waals surface area (Å²) in [6.07, 6.45) is 3.70. The van der Waals surface area contributed by atoms with Crippen LogP contribution in [0.15, 0.2) is 65.3 Å². The summed E-state index contributed by atoms with van der Waals surface area (Å²) in [5.74, 6) is 1.51. The summed E-state index contributed by atoms with van der Waals surface area (Å²) in [5.41, 5.74) is 1.37. The normalized spacial score (nSPS) is 16.0. The first kappa shape index (κ1) is 14.9. The molecule has 0 bridgehead atoms. The molecule has 0 aromatic heterocycles. The second kappa shape index (κ2) is 6.85. The molecule has 5 heteroatoms. The molecule has 2 aromatic carbocycles. The number of carbonyl (C=O) groups is 1. The quantitative estimate of drug-likeness (QED) is 0.758. The summed E-state index contributed by atoms with van der Waals surface area (Å²) in [6, 6.07) is 17.2. The molecule has 0 saturated heterocycles. The van der Waals surface area contributed by atoms with E-state index in [-0.39, 0.29) is 5.12 Å². The minimum atomic E-state index is -0.0151. The van der Waals surface area contributed by atoms with Gasteiger partial charge in [0.15, 0.2) is 0 Å². The van der Waals surface area contributed by atoms with E-state index in [9.17, 15) is 4.79 Å². The minimum Gasteiger partial charge on any atom is -0.457 e. The lowest BCUT2D eigenvalue weighted by Crippen LogP contribution is -1.88. The van der Waals surface area contributed by atoms with Crippen LogP contribution in [0.5, 0.6) is 11.5 Å². The zero-order valence-corrected chi connectivity index (χ0v) is 13.5. The number of ether oxygens (including phenoxy) is 1. The summed E-state index contributed by atoms with van der Waals surface area (Å²) in [5, 5.41) is -0.0151. The zero-order valence-electron chi connectivity index (χ0n) is 11.9. The molecule has 110 valence electrons. The van der Waals surface area contributed by atoms with Gasteiger partial charge in [-0.05, 0) is 53.9 Å². The Kier molecular flexibility index (Phi) is 4.65. The molecule has 0 unspecified atom stereocenters. The highest BCUT2D eigenvalue weighted by Gasteiger charge is 2.21. The predicted octanol–water partition coefficient (Wildman–Crippen LogP) is 4.81. The summed E-state index contributed by atoms with van der Waals surface area (Å²) in [4.78, 5) is 16.2. The Morgan fingerprint density at radius 1 is 1.09 bits per heavy atom. The number of benzene rings is 2. The molecular weight excluding hydrogens is 314 g/mol. The predicted molar refractivity (Wildman–Crippen MR) is 94.5 cm³/mol. The lowest BCUT2D eigenvalue weighted by Gasteiger charge is -2.06. The lowest BCUT2D eigenvalue weighted by molar-refractivity contribution is -0.107. The highest BCUT2D eigenvalue weighted by atomic mass is 32.2. The topological polar surface area (TPSA) is 38.7 Å². The molecule has 0 saturated carbocycles. The number of para-hydroxylation sites is 1. The van der Waals surface area contributed by atoms with Gasteiger partial charge in [0.2, 0.25) is 5.12 Å². The van der Waals surface area contributed by atoms with E-state index in [4.69, 9.17) is 4.74 Å². The molecule has 0 radical (unpaired) electrons. The van der Waals surface area contributed by atoms with Gasteiger partial charge in [-0.15, -0.1) is 11.8 Å². The molecule has 3 nitrogen and oxygen atoms in total. The number of nitrogens with zero attached hydrogens (tertiary/aromatic N) is 1. The van der Waals surface area contributed by atoms with Crippen LogP contribution in [-0.2, 0) is 4.79 Å². The van der Waals surface area contributed by atoms with Crippen molar-refractivity contribution < 1.29 is 9.53 Å². The summed E-state index contributed by atoms with van der Waals surface area (Å²) in [7, 11) is 0. The Morgan fingerprint density at radius 2 is 1.86 bits per heavy atom. The third kappa shape index (κ3) is 3.61. The average molecular weight is 327 g/mol. The fourth-order valence-electron chi connectivity index (χ4n) is 1.93. The third-order valence-electron chi connectivity index (χ3n) is 2.92. The van der Waals surface area contributed by atoms with Gasteiger partial charge in [0.1, 0.15) is 21.6 Å². The molecule has 0 fully saturated rings. The van der Waals surface area contributed by atoms with Gasteiger partial charge < -0.3 is 4.74 Å². The number of thioether (sulfide) groups is 2. The first-order chi connectivity index (χ1) is 10.7. The second-order valence-electron chi connectivity index (χ2n) is 4.49. The second-order valence-corrected chi connectivity index (χ2v) is 6.50. The van der Waals surface area contributed by atoms with Gasteiger partial charge >= 0.3 is 0 Å². The van der Waals surface area contributed by atoms with Crippen LogP contribution in [0.25, 0.3) is 6.08 Å². The van der Waals surface area contributed by atoms with Crippen LogP contribution in [0.1, 0.15) is 5.56 Å². The number of hydrogen-bond acceptors (Lipinski definition) is 5. The molecule has 1 heterocycles. The van der Waals surface area contributed by atoms with Crippen molar-refractivity contribution in [3.05, 3.63) is 65.9 Å². The molecule has 0 amide bonds. The van der Waals surface area contributed by atoms with Crippen molar-refractivity contribution in [2.24, 2.45) is 4.99 Å². The van der Waals surface area contributed by atoms with Crippen molar-refractivity contribution in [1.82, 2.24) is 0 Å². The van der Waals surface area contributed by atoms with Crippen LogP contribution in [0.4, 0.5) is 0 Å².